The highest BCUT2D eigenvalue weighted by molar-refractivity contribution is 5.83. The highest BCUT2D eigenvalue weighted by atomic mass is 16.5. The number of allylic oxidation sites excluding steroid dienone is 2. The van der Waals surface area contributed by atoms with Crippen molar-refractivity contribution in [1.29, 1.82) is 0 Å². The minimum absolute atomic E-state index is 0.00518. The molecule has 0 spiro atoms. The fraction of sp³-hybridized carbons (Fsp3) is 0.667. The quantitative estimate of drug-likeness (QED) is 0.441. The molecule has 94 valence electrons. The molecule has 0 aliphatic heterocycles. The molecule has 1 N–H and O–H groups in total. The summed E-state index contributed by atoms with van der Waals surface area (Å²) in [5.41, 5.74) is 0. The van der Waals surface area contributed by atoms with Gasteiger partial charge < -0.3 is 9.84 Å². The number of hydrogen-bond acceptors (Lipinski definition) is 4. The Bertz CT molecular complexity index is 364. The van der Waals surface area contributed by atoms with Gasteiger partial charge in [-0.1, -0.05) is 12.2 Å². The molecule has 0 amide bonds. The zero-order valence-corrected chi connectivity index (χ0v) is 10.00. The Labute approximate surface area is 100 Å². The number of rotatable bonds is 4. The summed E-state index contributed by atoms with van der Waals surface area (Å²) in [6, 6.07) is 0. The van der Waals surface area contributed by atoms with E-state index in [1.54, 1.807) is 19.0 Å². The van der Waals surface area contributed by atoms with E-state index >= 15 is 0 Å². The van der Waals surface area contributed by atoms with Crippen molar-refractivity contribution in [2.45, 2.75) is 6.42 Å². The molecule has 2 bridgehead atoms. The van der Waals surface area contributed by atoms with Gasteiger partial charge in [0, 0.05) is 0 Å². The number of carbonyl (C=O) groups is 2. The maximum atomic E-state index is 11.9. The summed E-state index contributed by atoms with van der Waals surface area (Å²) in [4.78, 5) is 24.8. The lowest BCUT2D eigenvalue weighted by molar-refractivity contribution is -0.161. The second-order valence-electron chi connectivity index (χ2n) is 5.01. The highest BCUT2D eigenvalue weighted by Crippen LogP contribution is 2.48. The lowest BCUT2D eigenvalue weighted by Crippen LogP contribution is -2.35. The van der Waals surface area contributed by atoms with E-state index in [1.807, 2.05) is 12.2 Å². The number of ether oxygens (including phenoxy) is 1. The van der Waals surface area contributed by atoms with Crippen LogP contribution in [0.5, 0.6) is 0 Å². The second-order valence-corrected chi connectivity index (χ2v) is 5.01. The molecular formula is C12H17NO4. The maximum absolute atomic E-state index is 11.9. The van der Waals surface area contributed by atoms with Crippen LogP contribution in [0.25, 0.3) is 0 Å². The van der Waals surface area contributed by atoms with Crippen molar-refractivity contribution in [3.63, 3.8) is 0 Å². The molecule has 0 saturated heterocycles. The van der Waals surface area contributed by atoms with E-state index in [-0.39, 0.29) is 24.5 Å². The van der Waals surface area contributed by atoms with Crippen LogP contribution in [0.1, 0.15) is 6.42 Å². The van der Waals surface area contributed by atoms with Crippen LogP contribution in [0.15, 0.2) is 12.2 Å². The number of esters is 1. The van der Waals surface area contributed by atoms with Gasteiger partial charge in [0.15, 0.2) is 0 Å². The minimum Gasteiger partial charge on any atom is -0.481 e. The summed E-state index contributed by atoms with van der Waals surface area (Å²) in [5, 5.41) is 9.18. The first-order chi connectivity index (χ1) is 8.00. The molecule has 2 aliphatic rings. The molecule has 17 heavy (non-hydrogen) atoms. The minimum atomic E-state index is -0.895. The van der Waals surface area contributed by atoms with E-state index in [0.717, 1.165) is 6.42 Å². The summed E-state index contributed by atoms with van der Waals surface area (Å²) in [7, 11) is 3.59. The van der Waals surface area contributed by atoms with Crippen molar-refractivity contribution in [2.75, 3.05) is 20.8 Å². The number of fused-ring (bicyclic) bond motifs is 2. The molecule has 4 atom stereocenters. The van der Waals surface area contributed by atoms with Crippen LogP contribution in [0, 0.1) is 23.7 Å². The monoisotopic (exact) mass is 239 g/mol. The average Bonchev–Trinajstić information content (AvgIpc) is 2.84. The molecule has 2 rings (SSSR count). The number of nitrogens with zero attached hydrogens (tertiary/aromatic N) is 1. The summed E-state index contributed by atoms with van der Waals surface area (Å²) in [6.45, 7) is 0.197. The lowest BCUT2D eigenvalue weighted by Gasteiger charge is -2.23. The van der Waals surface area contributed by atoms with Gasteiger partial charge in [-0.05, 0) is 32.4 Å². The molecule has 4 unspecified atom stereocenters. The molecule has 1 saturated carbocycles. The molecule has 5 nitrogen and oxygen atoms in total. The third-order valence-electron chi connectivity index (χ3n) is 3.48. The largest absolute Gasteiger partial charge is 0.481 e. The topological polar surface area (TPSA) is 66.8 Å². The van der Waals surface area contributed by atoms with E-state index in [2.05, 4.69) is 0 Å². The van der Waals surface area contributed by atoms with Crippen molar-refractivity contribution in [1.82, 2.24) is 4.90 Å². The number of carbonyl (C=O) groups excluding carboxylic acids is 1. The Kier molecular flexibility index (Phi) is 3.19. The number of aliphatic carboxylic acids is 1. The van der Waals surface area contributed by atoms with Crippen LogP contribution >= 0.6 is 0 Å². The van der Waals surface area contributed by atoms with Gasteiger partial charge in [-0.2, -0.15) is 0 Å². The Morgan fingerprint density at radius 1 is 1.29 bits per heavy atom. The predicted octanol–water partition coefficient (Wildman–Crippen LogP) is 0.572. The van der Waals surface area contributed by atoms with Gasteiger partial charge in [0.1, 0.15) is 6.73 Å². The molecular weight excluding hydrogens is 222 g/mol. The van der Waals surface area contributed by atoms with Gasteiger partial charge in [0.25, 0.3) is 0 Å². The third-order valence-corrected chi connectivity index (χ3v) is 3.48. The zero-order chi connectivity index (χ0) is 12.6. The second kappa shape index (κ2) is 4.49. The van der Waals surface area contributed by atoms with Crippen LogP contribution in [-0.2, 0) is 14.3 Å². The van der Waals surface area contributed by atoms with Gasteiger partial charge in [0.2, 0.25) is 0 Å². The van der Waals surface area contributed by atoms with Gasteiger partial charge in [0.05, 0.1) is 11.8 Å². The predicted molar refractivity (Wildman–Crippen MR) is 60.0 cm³/mol. The van der Waals surface area contributed by atoms with E-state index in [1.165, 1.54) is 0 Å². The zero-order valence-electron chi connectivity index (χ0n) is 10.00. The Balaban J connectivity index is 2.06. The summed E-state index contributed by atoms with van der Waals surface area (Å²) in [5.74, 6) is -2.37. The van der Waals surface area contributed by atoms with Crippen molar-refractivity contribution in [2.24, 2.45) is 23.7 Å². The van der Waals surface area contributed by atoms with E-state index < -0.39 is 17.8 Å². The first-order valence-electron chi connectivity index (χ1n) is 5.73. The molecule has 5 heteroatoms. The third kappa shape index (κ3) is 2.20. The fourth-order valence-electron chi connectivity index (χ4n) is 2.77. The fourth-order valence-corrected chi connectivity index (χ4v) is 2.77. The Hall–Kier alpha value is -1.36. The normalized spacial score (nSPS) is 34.3. The summed E-state index contributed by atoms with van der Waals surface area (Å²) >= 11 is 0. The Morgan fingerprint density at radius 2 is 1.88 bits per heavy atom. The number of hydrogen-bond donors (Lipinski definition) is 1. The van der Waals surface area contributed by atoms with Crippen LogP contribution in [-0.4, -0.2) is 42.8 Å². The summed E-state index contributed by atoms with van der Waals surface area (Å²) < 4.78 is 5.11. The smallest absolute Gasteiger partial charge is 0.311 e. The molecule has 0 aromatic heterocycles. The van der Waals surface area contributed by atoms with Gasteiger partial charge in [-0.15, -0.1) is 0 Å². The first-order valence-corrected chi connectivity index (χ1v) is 5.73. The number of carboxylic acids is 1. The van der Waals surface area contributed by atoms with Gasteiger partial charge >= 0.3 is 11.9 Å². The van der Waals surface area contributed by atoms with E-state index in [0.29, 0.717) is 0 Å². The van der Waals surface area contributed by atoms with Gasteiger partial charge in [-0.3, -0.25) is 14.5 Å². The average molecular weight is 239 g/mol. The van der Waals surface area contributed by atoms with E-state index in [4.69, 9.17) is 4.74 Å². The highest BCUT2D eigenvalue weighted by Gasteiger charge is 2.52. The molecule has 0 heterocycles. The van der Waals surface area contributed by atoms with Crippen molar-refractivity contribution >= 4 is 11.9 Å². The van der Waals surface area contributed by atoms with Crippen molar-refractivity contribution < 1.29 is 19.4 Å². The summed E-state index contributed by atoms with van der Waals surface area (Å²) in [6.07, 6.45) is 4.63. The standard InChI is InChI=1S/C12H17NO4/c1-13(2)6-17-12(16)10-8-4-3-7(5-8)9(10)11(14)15/h3-4,7-10H,5-6H2,1-2H3,(H,14,15). The Morgan fingerprint density at radius 3 is 2.41 bits per heavy atom. The molecule has 0 aromatic rings. The molecule has 0 radical (unpaired) electrons. The first kappa shape index (κ1) is 12.1. The number of carboxylic acid groups (broad SMARTS) is 1. The molecule has 2 aliphatic carbocycles. The molecule has 0 aromatic carbocycles. The van der Waals surface area contributed by atoms with Crippen LogP contribution in [0.3, 0.4) is 0 Å². The van der Waals surface area contributed by atoms with Gasteiger partial charge in [-0.25, -0.2) is 0 Å². The SMILES string of the molecule is CN(C)COC(=O)C1C2C=CC(C2)C1C(=O)O. The van der Waals surface area contributed by atoms with Crippen LogP contribution < -0.4 is 0 Å². The van der Waals surface area contributed by atoms with Crippen molar-refractivity contribution in [3.8, 4) is 0 Å². The van der Waals surface area contributed by atoms with E-state index in [9.17, 15) is 14.7 Å². The van der Waals surface area contributed by atoms with Crippen molar-refractivity contribution in [3.05, 3.63) is 12.2 Å². The molecule has 1 fully saturated rings. The van der Waals surface area contributed by atoms with Crippen LogP contribution in [0.2, 0.25) is 0 Å². The lowest BCUT2D eigenvalue weighted by atomic mass is 9.83. The maximum Gasteiger partial charge on any atom is 0.311 e. The van der Waals surface area contributed by atoms with Crippen LogP contribution in [0.4, 0.5) is 0 Å².